The van der Waals surface area contributed by atoms with Crippen molar-refractivity contribution >= 4 is 5.95 Å². The summed E-state index contributed by atoms with van der Waals surface area (Å²) in [5, 5.41) is 15.5. The molecule has 1 aromatic carbocycles. The number of alkyl halides is 6. The highest BCUT2D eigenvalue weighted by Gasteiger charge is 2.37. The Kier molecular flexibility index (Phi) is 8.24. The second-order valence-corrected chi connectivity index (χ2v) is 9.48. The van der Waals surface area contributed by atoms with E-state index in [1.807, 2.05) is 13.0 Å². The maximum absolute atomic E-state index is 13.5. The van der Waals surface area contributed by atoms with E-state index in [1.165, 1.54) is 16.7 Å². The minimum absolute atomic E-state index is 0.0271. The molecule has 4 rings (SSSR count). The van der Waals surface area contributed by atoms with Gasteiger partial charge in [0.1, 0.15) is 0 Å². The van der Waals surface area contributed by atoms with E-state index in [1.54, 1.807) is 12.3 Å². The predicted molar refractivity (Wildman–Crippen MR) is 128 cm³/mol. The molecular formula is C25H29F6N7. The summed E-state index contributed by atoms with van der Waals surface area (Å²) in [6.07, 6.45) is -3.85. The first-order valence-corrected chi connectivity index (χ1v) is 12.4. The van der Waals surface area contributed by atoms with Crippen LogP contribution in [-0.4, -0.2) is 31.7 Å². The third-order valence-corrected chi connectivity index (χ3v) is 6.68. The van der Waals surface area contributed by atoms with Crippen LogP contribution in [0.1, 0.15) is 66.6 Å². The van der Waals surface area contributed by atoms with Gasteiger partial charge in [-0.15, -0.1) is 5.10 Å². The fourth-order valence-corrected chi connectivity index (χ4v) is 5.00. The summed E-state index contributed by atoms with van der Waals surface area (Å²) in [6, 6.07) is 5.16. The maximum Gasteiger partial charge on any atom is 0.416 e. The number of hydrogen-bond donors (Lipinski definition) is 1. The van der Waals surface area contributed by atoms with Gasteiger partial charge in [0.05, 0.1) is 29.9 Å². The fraction of sp³-hybridized carbons (Fsp3) is 0.520. The van der Waals surface area contributed by atoms with Gasteiger partial charge in [-0.25, -0.2) is 0 Å². The first-order chi connectivity index (χ1) is 18.0. The Morgan fingerprint density at radius 2 is 1.68 bits per heavy atom. The monoisotopic (exact) mass is 541 g/mol. The van der Waals surface area contributed by atoms with Gasteiger partial charge >= 0.3 is 12.4 Å². The predicted octanol–water partition coefficient (Wildman–Crippen LogP) is 5.69. The van der Waals surface area contributed by atoms with E-state index in [9.17, 15) is 26.3 Å². The summed E-state index contributed by atoms with van der Waals surface area (Å²) in [5.74, 6) is 0.457. The van der Waals surface area contributed by atoms with Gasteiger partial charge in [-0.05, 0) is 65.9 Å². The van der Waals surface area contributed by atoms with Crippen molar-refractivity contribution in [3.05, 3.63) is 64.5 Å². The Balaban J connectivity index is 1.73. The van der Waals surface area contributed by atoms with Crippen LogP contribution in [0.15, 0.2) is 36.5 Å². The minimum Gasteiger partial charge on any atom is -0.329 e. The van der Waals surface area contributed by atoms with E-state index < -0.39 is 23.5 Å². The van der Waals surface area contributed by atoms with E-state index in [-0.39, 0.29) is 36.7 Å². The average Bonchev–Trinajstić information content (AvgIpc) is 3.53. The highest BCUT2D eigenvalue weighted by molar-refractivity contribution is 5.39. The molecule has 0 aliphatic heterocycles. The van der Waals surface area contributed by atoms with Crippen molar-refractivity contribution in [1.29, 1.82) is 0 Å². The number of benzene rings is 1. The summed E-state index contributed by atoms with van der Waals surface area (Å²) < 4.78 is 80.8. The first kappa shape index (κ1) is 27.8. The van der Waals surface area contributed by atoms with Gasteiger partial charge in [-0.2, -0.15) is 31.1 Å². The van der Waals surface area contributed by atoms with E-state index in [2.05, 4.69) is 25.7 Å². The summed E-state index contributed by atoms with van der Waals surface area (Å²) in [4.78, 5) is 7.34. The van der Waals surface area contributed by atoms with E-state index >= 15 is 0 Å². The lowest BCUT2D eigenvalue weighted by Gasteiger charge is -2.28. The number of anilines is 1. The summed E-state index contributed by atoms with van der Waals surface area (Å²) in [6.45, 7) is 2.53. The molecule has 7 nitrogen and oxygen atoms in total. The van der Waals surface area contributed by atoms with Gasteiger partial charge in [0.15, 0.2) is 0 Å². The summed E-state index contributed by atoms with van der Waals surface area (Å²) >= 11 is 0. The van der Waals surface area contributed by atoms with Crippen molar-refractivity contribution in [3.63, 3.8) is 0 Å². The molecule has 0 amide bonds. The van der Waals surface area contributed by atoms with Crippen LogP contribution in [0, 0.1) is 5.92 Å². The molecule has 1 N–H and O–H groups in total. The summed E-state index contributed by atoms with van der Waals surface area (Å²) in [5.41, 5.74) is -1.34. The van der Waals surface area contributed by atoms with Crippen LogP contribution in [0.4, 0.5) is 32.3 Å². The number of aromatic nitrogens is 5. The second kappa shape index (κ2) is 11.3. The van der Waals surface area contributed by atoms with Crippen molar-refractivity contribution in [2.45, 2.75) is 64.1 Å². The van der Waals surface area contributed by atoms with E-state index in [0.29, 0.717) is 5.92 Å². The summed E-state index contributed by atoms with van der Waals surface area (Å²) in [7, 11) is 1.53. The smallest absolute Gasteiger partial charge is 0.329 e. The van der Waals surface area contributed by atoms with Gasteiger partial charge in [0.25, 0.3) is 5.95 Å². The lowest BCUT2D eigenvalue weighted by atomic mass is 9.92. The van der Waals surface area contributed by atoms with Crippen LogP contribution in [0.2, 0.25) is 0 Å². The number of nitrogens with zero attached hydrogens (tertiary/aromatic N) is 6. The van der Waals surface area contributed by atoms with Gasteiger partial charge in [0.2, 0.25) is 0 Å². The number of tetrazole rings is 1. The number of hydrogen-bond acceptors (Lipinski definition) is 6. The molecular weight excluding hydrogens is 512 g/mol. The van der Waals surface area contributed by atoms with Crippen LogP contribution in [0.3, 0.4) is 0 Å². The number of rotatable bonds is 9. The average molecular weight is 542 g/mol. The lowest BCUT2D eigenvalue weighted by molar-refractivity contribution is -0.143. The van der Waals surface area contributed by atoms with Crippen LogP contribution in [-0.2, 0) is 32.5 Å². The Morgan fingerprint density at radius 1 is 1.03 bits per heavy atom. The molecule has 1 fully saturated rings. The van der Waals surface area contributed by atoms with Crippen LogP contribution in [0.5, 0.6) is 0 Å². The quantitative estimate of drug-likeness (QED) is 0.351. The molecule has 1 atom stereocenters. The molecule has 1 aliphatic rings. The molecule has 1 unspecified atom stereocenters. The maximum atomic E-state index is 13.5. The van der Waals surface area contributed by atoms with Crippen LogP contribution in [0.25, 0.3) is 0 Å². The third-order valence-electron chi connectivity index (χ3n) is 6.68. The molecule has 38 heavy (non-hydrogen) atoms. The third kappa shape index (κ3) is 6.61. The molecule has 2 heterocycles. The number of aryl methyl sites for hydroxylation is 1. The van der Waals surface area contributed by atoms with Gasteiger partial charge in [-0.1, -0.05) is 30.9 Å². The van der Waals surface area contributed by atoms with E-state index in [4.69, 9.17) is 0 Å². The lowest BCUT2D eigenvalue weighted by Crippen LogP contribution is -2.31. The standard InChI is InChI=1S/C25H29F6N7/c1-3-32-21(17-7-4-5-8-17)22-18(9-6-10-33-22)15-38(23-34-36-37(2)35-23)14-16-11-19(24(26,27)28)13-20(12-16)25(29,30)31/h6,9-13,17,21,32H,3-5,7-8,14-15H2,1-2H3. The highest BCUT2D eigenvalue weighted by atomic mass is 19.4. The Hall–Kier alpha value is -3.22. The zero-order valence-corrected chi connectivity index (χ0v) is 21.0. The molecule has 0 spiro atoms. The fourth-order valence-electron chi connectivity index (χ4n) is 5.00. The molecule has 1 saturated carbocycles. The Labute approximate surface area is 216 Å². The highest BCUT2D eigenvalue weighted by Crippen LogP contribution is 2.38. The molecule has 1 aliphatic carbocycles. The molecule has 2 aromatic heterocycles. The molecule has 0 bridgehead atoms. The first-order valence-electron chi connectivity index (χ1n) is 12.4. The molecule has 206 valence electrons. The minimum atomic E-state index is -4.94. The Morgan fingerprint density at radius 3 is 2.24 bits per heavy atom. The van der Waals surface area contributed by atoms with Crippen molar-refractivity contribution < 1.29 is 26.3 Å². The Bertz CT molecular complexity index is 1190. The zero-order valence-electron chi connectivity index (χ0n) is 21.0. The van der Waals surface area contributed by atoms with Crippen LogP contribution >= 0.6 is 0 Å². The van der Waals surface area contributed by atoms with Crippen molar-refractivity contribution in [1.82, 2.24) is 30.5 Å². The SMILES string of the molecule is CCNC(c1ncccc1CN(Cc1cc(C(F)(F)F)cc(C(F)(F)F)c1)c1nnn(C)n1)C1CCCC1. The molecule has 13 heteroatoms. The molecule has 0 radical (unpaired) electrons. The molecule has 0 saturated heterocycles. The molecule has 3 aromatic rings. The van der Waals surface area contributed by atoms with E-state index in [0.717, 1.165) is 55.6 Å². The van der Waals surface area contributed by atoms with Crippen molar-refractivity contribution in [2.24, 2.45) is 13.0 Å². The van der Waals surface area contributed by atoms with Crippen molar-refractivity contribution in [3.8, 4) is 0 Å². The van der Waals surface area contributed by atoms with Crippen molar-refractivity contribution in [2.75, 3.05) is 11.4 Å². The zero-order chi connectivity index (χ0) is 27.5. The largest absolute Gasteiger partial charge is 0.416 e. The normalized spacial score (nSPS) is 15.7. The number of nitrogens with one attached hydrogen (secondary N) is 1. The van der Waals surface area contributed by atoms with Gasteiger partial charge in [-0.3, -0.25) is 4.98 Å². The topological polar surface area (TPSA) is 71.8 Å². The number of pyridine rings is 1. The second-order valence-electron chi connectivity index (χ2n) is 9.48. The van der Waals surface area contributed by atoms with Crippen LogP contribution < -0.4 is 10.2 Å². The van der Waals surface area contributed by atoms with Gasteiger partial charge < -0.3 is 10.2 Å². The van der Waals surface area contributed by atoms with Gasteiger partial charge in [0, 0.05) is 19.3 Å². The number of halogens is 6.